The van der Waals surface area contributed by atoms with Gasteiger partial charge in [-0.1, -0.05) is 155 Å². The Balaban J connectivity index is 1.20. The molecule has 0 atom stereocenters. The topological polar surface area (TPSA) is 38.7 Å². The summed E-state index contributed by atoms with van der Waals surface area (Å²) in [6.07, 6.45) is 14.4. The molecule has 7 aromatic rings. The van der Waals surface area contributed by atoms with Crippen LogP contribution in [0.25, 0.3) is 33.8 Å². The molecule has 0 spiro atoms. The predicted octanol–water partition coefficient (Wildman–Crippen LogP) is 13.3. The maximum Gasteiger partial charge on any atom is 0.0702 e. The molecule has 3 aromatic heterocycles. The monoisotopic (exact) mass is 733 g/mol. The number of aryl methyl sites for hydroxylation is 2. The number of aromatic nitrogens is 3. The van der Waals surface area contributed by atoms with Crippen molar-refractivity contribution in [3.63, 3.8) is 0 Å². The minimum absolute atomic E-state index is 0.0148. The molecule has 0 amide bonds. The van der Waals surface area contributed by atoms with E-state index in [2.05, 4.69) is 186 Å². The van der Waals surface area contributed by atoms with Crippen molar-refractivity contribution in [2.24, 2.45) is 0 Å². The van der Waals surface area contributed by atoms with E-state index in [0.29, 0.717) is 0 Å². The van der Waals surface area contributed by atoms with Gasteiger partial charge in [0.1, 0.15) is 0 Å². The second-order valence-electron chi connectivity index (χ2n) is 15.5. The van der Waals surface area contributed by atoms with Crippen molar-refractivity contribution in [3.8, 4) is 33.8 Å². The van der Waals surface area contributed by atoms with Crippen molar-refractivity contribution >= 4 is 0 Å². The van der Waals surface area contributed by atoms with Gasteiger partial charge in [0.15, 0.2) is 0 Å². The lowest BCUT2D eigenvalue weighted by molar-refractivity contribution is 0.386. The molecule has 0 bridgehead atoms. The lowest BCUT2D eigenvalue weighted by Gasteiger charge is -2.34. The first-order valence-corrected chi connectivity index (χ1v) is 20.6. The first-order chi connectivity index (χ1) is 27.5. The van der Waals surface area contributed by atoms with Crippen LogP contribution in [0.3, 0.4) is 0 Å². The molecule has 4 aromatic carbocycles. The lowest BCUT2D eigenvalue weighted by atomic mass is 9.70. The van der Waals surface area contributed by atoms with Gasteiger partial charge in [-0.25, -0.2) is 0 Å². The molecule has 0 unspecified atom stereocenters. The summed E-state index contributed by atoms with van der Waals surface area (Å²) in [5.74, 6) is 0. The van der Waals surface area contributed by atoms with Crippen molar-refractivity contribution in [2.45, 2.75) is 89.9 Å². The Labute approximate surface area is 335 Å². The van der Waals surface area contributed by atoms with Crippen molar-refractivity contribution in [2.75, 3.05) is 0 Å². The zero-order valence-corrected chi connectivity index (χ0v) is 33.6. The maximum atomic E-state index is 4.99. The SMILES string of the molecule is CCC(CC)(Cc1cc(CCc2ccc(-c3ccccc3)nc2)cc(CC(CC)(CC)c2ccc(-c3ccccc3)nc2)c1)c1ccc(-c2ccccc2)nc1. The van der Waals surface area contributed by atoms with Gasteiger partial charge in [0.25, 0.3) is 0 Å². The Bertz CT molecular complexity index is 2130. The van der Waals surface area contributed by atoms with E-state index in [4.69, 9.17) is 15.0 Å². The first-order valence-electron chi connectivity index (χ1n) is 20.6. The number of hydrogen-bond donors (Lipinski definition) is 0. The van der Waals surface area contributed by atoms with E-state index in [-0.39, 0.29) is 10.8 Å². The van der Waals surface area contributed by atoms with Crippen molar-refractivity contribution in [1.82, 2.24) is 15.0 Å². The summed E-state index contributed by atoms with van der Waals surface area (Å²) in [5, 5.41) is 0. The predicted molar refractivity (Wildman–Crippen MR) is 235 cm³/mol. The molecule has 282 valence electrons. The van der Waals surface area contributed by atoms with Crippen molar-refractivity contribution < 1.29 is 0 Å². The highest BCUT2D eigenvalue weighted by atomic mass is 14.7. The summed E-state index contributed by atoms with van der Waals surface area (Å²) in [6.45, 7) is 9.38. The third-order valence-corrected chi connectivity index (χ3v) is 12.4. The van der Waals surface area contributed by atoms with Crippen LogP contribution >= 0.6 is 0 Å². The van der Waals surface area contributed by atoms with Crippen LogP contribution in [0.5, 0.6) is 0 Å². The van der Waals surface area contributed by atoms with E-state index >= 15 is 0 Å². The molecule has 3 heteroatoms. The highest BCUT2D eigenvalue weighted by molar-refractivity contribution is 5.60. The average molecular weight is 734 g/mol. The van der Waals surface area contributed by atoms with Crippen LogP contribution in [0.1, 0.15) is 86.8 Å². The number of hydrogen-bond acceptors (Lipinski definition) is 3. The minimum Gasteiger partial charge on any atom is -0.256 e. The summed E-state index contributed by atoms with van der Waals surface area (Å²) in [6, 6.07) is 52.3. The largest absolute Gasteiger partial charge is 0.256 e. The van der Waals surface area contributed by atoms with Crippen LogP contribution in [0.4, 0.5) is 0 Å². The summed E-state index contributed by atoms with van der Waals surface area (Å²) in [7, 11) is 0. The summed E-state index contributed by atoms with van der Waals surface area (Å²) >= 11 is 0. The van der Waals surface area contributed by atoms with Crippen molar-refractivity contribution in [1.29, 1.82) is 0 Å². The standard InChI is InChI=1S/C53H55N3/c1-5-52(6-2,47-27-30-50(55-38-47)45-20-14-10-15-21-45)35-42-32-41(25-24-40-26-29-49(54-37-40)44-18-12-9-13-19-44)33-43(34-42)36-53(7-3,8-4)48-28-31-51(56-39-48)46-22-16-11-17-23-46/h9-23,26-34,37-39H,5-8,24-25,35-36H2,1-4H3. The third-order valence-electron chi connectivity index (χ3n) is 12.4. The second kappa shape index (κ2) is 17.9. The van der Waals surface area contributed by atoms with E-state index < -0.39 is 0 Å². The zero-order chi connectivity index (χ0) is 38.8. The molecule has 0 radical (unpaired) electrons. The molecule has 0 aliphatic heterocycles. The van der Waals surface area contributed by atoms with Crippen LogP contribution in [-0.2, 0) is 36.5 Å². The normalized spacial score (nSPS) is 11.8. The van der Waals surface area contributed by atoms with Gasteiger partial charge in [-0.3, -0.25) is 15.0 Å². The Morgan fingerprint density at radius 1 is 0.357 bits per heavy atom. The fourth-order valence-corrected chi connectivity index (χ4v) is 8.61. The Kier molecular flexibility index (Phi) is 12.3. The lowest BCUT2D eigenvalue weighted by Crippen LogP contribution is -2.29. The van der Waals surface area contributed by atoms with Gasteiger partial charge in [0.2, 0.25) is 0 Å². The van der Waals surface area contributed by atoms with Crippen LogP contribution in [-0.4, -0.2) is 15.0 Å². The molecule has 7 rings (SSSR count). The second-order valence-corrected chi connectivity index (χ2v) is 15.5. The van der Waals surface area contributed by atoms with Gasteiger partial charge in [-0.2, -0.15) is 0 Å². The number of benzene rings is 4. The summed E-state index contributed by atoms with van der Waals surface area (Å²) in [4.78, 5) is 14.8. The molecule has 0 fully saturated rings. The van der Waals surface area contributed by atoms with E-state index in [1.165, 1.54) is 33.4 Å². The van der Waals surface area contributed by atoms with Gasteiger partial charge in [-0.15, -0.1) is 0 Å². The van der Waals surface area contributed by atoms with Gasteiger partial charge < -0.3 is 0 Å². The number of pyridine rings is 3. The zero-order valence-electron chi connectivity index (χ0n) is 33.6. The van der Waals surface area contributed by atoms with Crippen LogP contribution in [0.15, 0.2) is 164 Å². The van der Waals surface area contributed by atoms with Gasteiger partial charge in [0, 0.05) is 46.1 Å². The van der Waals surface area contributed by atoms with Gasteiger partial charge in [0.05, 0.1) is 17.1 Å². The molecular formula is C53H55N3. The smallest absolute Gasteiger partial charge is 0.0702 e. The quantitative estimate of drug-likeness (QED) is 0.0992. The Hall–Kier alpha value is -5.67. The molecule has 56 heavy (non-hydrogen) atoms. The average Bonchev–Trinajstić information content (AvgIpc) is 3.28. The number of nitrogens with zero attached hydrogens (tertiary/aromatic N) is 3. The molecule has 3 heterocycles. The highest BCUT2D eigenvalue weighted by Crippen LogP contribution is 2.39. The fourth-order valence-electron chi connectivity index (χ4n) is 8.61. The van der Waals surface area contributed by atoms with Crippen LogP contribution in [0.2, 0.25) is 0 Å². The molecule has 0 aliphatic rings. The highest BCUT2D eigenvalue weighted by Gasteiger charge is 2.32. The van der Waals surface area contributed by atoms with E-state index in [0.717, 1.165) is 85.1 Å². The van der Waals surface area contributed by atoms with E-state index in [9.17, 15) is 0 Å². The number of rotatable bonds is 16. The van der Waals surface area contributed by atoms with Crippen LogP contribution < -0.4 is 0 Å². The minimum atomic E-state index is -0.0148. The van der Waals surface area contributed by atoms with Gasteiger partial charge >= 0.3 is 0 Å². The summed E-state index contributed by atoms with van der Waals surface area (Å²) < 4.78 is 0. The third kappa shape index (κ3) is 8.74. The van der Waals surface area contributed by atoms with E-state index in [1.54, 1.807) is 0 Å². The molecule has 0 saturated heterocycles. The Morgan fingerprint density at radius 3 is 1.05 bits per heavy atom. The molecule has 0 aliphatic carbocycles. The summed E-state index contributed by atoms with van der Waals surface area (Å²) in [5.41, 5.74) is 14.6. The molecule has 0 saturated carbocycles. The molecule has 3 nitrogen and oxygen atoms in total. The first kappa shape index (κ1) is 38.6. The Morgan fingerprint density at radius 2 is 0.714 bits per heavy atom. The van der Waals surface area contributed by atoms with Gasteiger partial charge in [-0.05, 0) is 103 Å². The van der Waals surface area contributed by atoms with Crippen LogP contribution in [0, 0.1) is 0 Å². The molecule has 0 N–H and O–H groups in total. The fraction of sp³-hybridized carbons (Fsp3) is 0.264. The maximum absolute atomic E-state index is 4.99. The van der Waals surface area contributed by atoms with E-state index in [1.807, 2.05) is 6.07 Å². The van der Waals surface area contributed by atoms with Crippen molar-refractivity contribution in [3.05, 3.63) is 198 Å². The molecular weight excluding hydrogens is 679 g/mol.